The van der Waals surface area contributed by atoms with E-state index in [9.17, 15) is 5.11 Å². The maximum Gasteiger partial charge on any atom is 0.144 e. The fourth-order valence-electron chi connectivity index (χ4n) is 4.36. The van der Waals surface area contributed by atoms with Crippen LogP contribution in [0.2, 0.25) is 0 Å². The molecule has 0 saturated heterocycles. The zero-order chi connectivity index (χ0) is 21.1. The number of nitrogens with zero attached hydrogens (tertiary/aromatic N) is 2. The Bertz CT molecular complexity index is 1000. The van der Waals surface area contributed by atoms with E-state index in [2.05, 4.69) is 29.7 Å². The second kappa shape index (κ2) is 8.50. The first-order chi connectivity index (χ1) is 14.6. The van der Waals surface area contributed by atoms with E-state index in [1.54, 1.807) is 0 Å². The second-order valence-corrected chi connectivity index (χ2v) is 7.71. The topological polar surface area (TPSA) is 35.9 Å². The van der Waals surface area contributed by atoms with Crippen molar-refractivity contribution >= 4 is 11.4 Å². The van der Waals surface area contributed by atoms with Gasteiger partial charge in [0.15, 0.2) is 0 Å². The van der Waals surface area contributed by atoms with Gasteiger partial charge in [0.2, 0.25) is 0 Å². The third-order valence-corrected chi connectivity index (χ3v) is 6.14. The number of fused-ring (bicyclic) bond motifs is 2. The number of likely N-dealkylation sites (N-methyl/N-ethyl adjacent to an activating group) is 1. The normalized spacial score (nSPS) is 17.6. The molecule has 1 aliphatic heterocycles. The van der Waals surface area contributed by atoms with Gasteiger partial charge in [-0.3, -0.25) is 0 Å². The van der Waals surface area contributed by atoms with Gasteiger partial charge in [0.05, 0.1) is 0 Å². The Morgan fingerprint density at radius 3 is 2.27 bits per heavy atom. The number of para-hydroxylation sites is 1. The van der Waals surface area contributed by atoms with Crippen LogP contribution in [0.5, 0.6) is 5.75 Å². The van der Waals surface area contributed by atoms with Gasteiger partial charge in [0.25, 0.3) is 0 Å². The molecule has 4 nitrogen and oxygen atoms in total. The lowest BCUT2D eigenvalue weighted by molar-refractivity contribution is 0.124. The highest BCUT2D eigenvalue weighted by Crippen LogP contribution is 2.51. The quantitative estimate of drug-likeness (QED) is 0.617. The number of rotatable bonds is 7. The summed E-state index contributed by atoms with van der Waals surface area (Å²) in [6, 6.07) is 24.0. The summed E-state index contributed by atoms with van der Waals surface area (Å²) in [4.78, 5) is 4.48. The molecule has 3 aromatic carbocycles. The van der Waals surface area contributed by atoms with Crippen molar-refractivity contribution in [2.45, 2.75) is 19.4 Å². The van der Waals surface area contributed by atoms with Crippen molar-refractivity contribution in [3.05, 3.63) is 89.5 Å². The summed E-state index contributed by atoms with van der Waals surface area (Å²) in [5.41, 5.74) is 3.33. The lowest BCUT2D eigenvalue weighted by Gasteiger charge is -2.41. The molecule has 0 aliphatic carbocycles. The molecule has 0 saturated carbocycles. The summed E-state index contributed by atoms with van der Waals surface area (Å²) in [5, 5.41) is 12.2. The van der Waals surface area contributed by atoms with Crippen LogP contribution in [-0.2, 0) is 5.60 Å². The molecular weight excluding hydrogens is 372 g/mol. The van der Waals surface area contributed by atoms with E-state index in [1.807, 2.05) is 73.8 Å². The van der Waals surface area contributed by atoms with Crippen LogP contribution >= 0.6 is 0 Å². The van der Waals surface area contributed by atoms with Gasteiger partial charge in [-0.15, -0.1) is 0 Å². The molecule has 0 aromatic heterocycles. The maximum absolute atomic E-state index is 12.2. The van der Waals surface area contributed by atoms with Gasteiger partial charge in [0.1, 0.15) is 18.0 Å². The van der Waals surface area contributed by atoms with Crippen molar-refractivity contribution in [2.75, 3.05) is 38.2 Å². The average Bonchev–Trinajstić information content (AvgIpc) is 2.81. The predicted molar refractivity (Wildman–Crippen MR) is 123 cm³/mol. The molecule has 1 atom stereocenters. The van der Waals surface area contributed by atoms with Crippen LogP contribution < -0.4 is 9.64 Å². The summed E-state index contributed by atoms with van der Waals surface area (Å²) in [6.45, 7) is 7.86. The molecule has 0 bridgehead atoms. The summed E-state index contributed by atoms with van der Waals surface area (Å²) < 4.78 is 6.09. The first-order valence-corrected chi connectivity index (χ1v) is 10.7. The standard InChI is InChI=1S/C26H30N2O2/c1-4-28(5-2)17-18-30-21-15-16-25-23(19-21)26(29,20-11-7-6-8-12-20)22-13-9-10-14-24(22)27(25)3/h6-16,19,29H,4-5,17-18H2,1-3H3. The zero-order valence-electron chi connectivity index (χ0n) is 18.0. The molecule has 3 aromatic rings. The van der Waals surface area contributed by atoms with E-state index in [4.69, 9.17) is 4.74 Å². The van der Waals surface area contributed by atoms with Crippen LogP contribution in [0, 0.1) is 0 Å². The fourth-order valence-corrected chi connectivity index (χ4v) is 4.36. The molecule has 156 valence electrons. The predicted octanol–water partition coefficient (Wildman–Crippen LogP) is 4.77. The van der Waals surface area contributed by atoms with Crippen LogP contribution in [0.1, 0.15) is 30.5 Å². The summed E-state index contributed by atoms with van der Waals surface area (Å²) in [5.74, 6) is 0.781. The van der Waals surface area contributed by atoms with Crippen molar-refractivity contribution < 1.29 is 9.84 Å². The number of anilines is 2. The van der Waals surface area contributed by atoms with E-state index >= 15 is 0 Å². The lowest BCUT2D eigenvalue weighted by Crippen LogP contribution is -2.36. The van der Waals surface area contributed by atoms with Gasteiger partial charge in [-0.2, -0.15) is 0 Å². The first kappa shape index (κ1) is 20.5. The number of hydrogen-bond donors (Lipinski definition) is 1. The molecule has 1 unspecified atom stereocenters. The Hall–Kier alpha value is -2.82. The number of hydrogen-bond acceptors (Lipinski definition) is 4. The monoisotopic (exact) mass is 402 g/mol. The molecule has 1 aliphatic rings. The smallest absolute Gasteiger partial charge is 0.144 e. The van der Waals surface area contributed by atoms with Crippen molar-refractivity contribution in [3.63, 3.8) is 0 Å². The Morgan fingerprint density at radius 1 is 0.867 bits per heavy atom. The van der Waals surface area contributed by atoms with Crippen LogP contribution in [-0.4, -0.2) is 43.3 Å². The van der Waals surface area contributed by atoms with E-state index in [0.717, 1.165) is 53.4 Å². The molecule has 1 heterocycles. The molecule has 4 rings (SSSR count). The van der Waals surface area contributed by atoms with Crippen molar-refractivity contribution in [1.82, 2.24) is 4.90 Å². The van der Waals surface area contributed by atoms with Crippen molar-refractivity contribution in [1.29, 1.82) is 0 Å². The molecule has 1 N–H and O–H groups in total. The van der Waals surface area contributed by atoms with Gasteiger partial charge in [-0.25, -0.2) is 0 Å². The van der Waals surface area contributed by atoms with Crippen LogP contribution in [0.15, 0.2) is 72.8 Å². The third-order valence-electron chi connectivity index (χ3n) is 6.14. The highest BCUT2D eigenvalue weighted by Gasteiger charge is 2.42. The van der Waals surface area contributed by atoms with Crippen LogP contribution in [0.4, 0.5) is 11.4 Å². The minimum atomic E-state index is -1.24. The highest BCUT2D eigenvalue weighted by atomic mass is 16.5. The second-order valence-electron chi connectivity index (χ2n) is 7.71. The zero-order valence-corrected chi connectivity index (χ0v) is 18.0. The van der Waals surface area contributed by atoms with E-state index < -0.39 is 5.60 Å². The Balaban J connectivity index is 1.76. The SMILES string of the molecule is CCN(CC)CCOc1ccc2c(c1)C(O)(c1ccccc1)c1ccccc1N2C. The maximum atomic E-state index is 12.2. The fraction of sp³-hybridized carbons (Fsp3) is 0.308. The molecule has 0 spiro atoms. The average molecular weight is 403 g/mol. The number of ether oxygens (including phenoxy) is 1. The largest absolute Gasteiger partial charge is 0.492 e. The van der Waals surface area contributed by atoms with E-state index in [1.165, 1.54) is 0 Å². The molecule has 0 fully saturated rings. The minimum Gasteiger partial charge on any atom is -0.492 e. The molecule has 30 heavy (non-hydrogen) atoms. The third kappa shape index (κ3) is 3.47. The van der Waals surface area contributed by atoms with E-state index in [-0.39, 0.29) is 0 Å². The van der Waals surface area contributed by atoms with E-state index in [0.29, 0.717) is 6.61 Å². The summed E-state index contributed by atoms with van der Waals surface area (Å²) >= 11 is 0. The van der Waals surface area contributed by atoms with Crippen LogP contribution in [0.25, 0.3) is 0 Å². The van der Waals surface area contributed by atoms with Gasteiger partial charge in [-0.1, -0.05) is 62.4 Å². The van der Waals surface area contributed by atoms with Gasteiger partial charge < -0.3 is 19.6 Å². The van der Waals surface area contributed by atoms with Gasteiger partial charge >= 0.3 is 0 Å². The van der Waals surface area contributed by atoms with Crippen LogP contribution in [0.3, 0.4) is 0 Å². The van der Waals surface area contributed by atoms with Gasteiger partial charge in [0, 0.05) is 36.1 Å². The summed E-state index contributed by atoms with van der Waals surface area (Å²) in [7, 11) is 2.04. The van der Waals surface area contributed by atoms with Gasteiger partial charge in [-0.05, 0) is 42.9 Å². The molecular formula is C26H30N2O2. The van der Waals surface area contributed by atoms with Crippen molar-refractivity contribution in [3.8, 4) is 5.75 Å². The molecule has 0 radical (unpaired) electrons. The molecule has 0 amide bonds. The number of benzene rings is 3. The Morgan fingerprint density at radius 2 is 1.53 bits per heavy atom. The highest BCUT2D eigenvalue weighted by molar-refractivity contribution is 5.79. The Kier molecular flexibility index (Phi) is 5.80. The molecule has 4 heteroatoms. The minimum absolute atomic E-state index is 0.622. The van der Waals surface area contributed by atoms with Crippen molar-refractivity contribution in [2.24, 2.45) is 0 Å². The lowest BCUT2D eigenvalue weighted by atomic mass is 9.76. The Labute approximate surface area is 179 Å². The first-order valence-electron chi connectivity index (χ1n) is 10.7. The number of aliphatic hydroxyl groups is 1. The summed E-state index contributed by atoms with van der Waals surface area (Å²) in [6.07, 6.45) is 0.